The number of hydrogen-bond donors (Lipinski definition) is 2. The summed E-state index contributed by atoms with van der Waals surface area (Å²) >= 11 is 0. The zero-order valence-electron chi connectivity index (χ0n) is 16.7. The van der Waals surface area contributed by atoms with Gasteiger partial charge in [0.1, 0.15) is 18.1 Å². The largest absolute Gasteiger partial charge is 0.408 e. The van der Waals surface area contributed by atoms with E-state index in [4.69, 9.17) is 0 Å². The summed E-state index contributed by atoms with van der Waals surface area (Å²) in [6, 6.07) is 6.43. The van der Waals surface area contributed by atoms with Crippen LogP contribution in [0.3, 0.4) is 0 Å². The van der Waals surface area contributed by atoms with Gasteiger partial charge in [-0.3, -0.25) is 14.5 Å². The Labute approximate surface area is 175 Å². The zero-order valence-corrected chi connectivity index (χ0v) is 16.7. The lowest BCUT2D eigenvalue weighted by Gasteiger charge is -2.35. The van der Waals surface area contributed by atoms with Crippen molar-refractivity contribution >= 4 is 28.4 Å². The molecule has 0 saturated carbocycles. The Morgan fingerprint density at radius 1 is 1.26 bits per heavy atom. The molecule has 11 heteroatoms. The van der Waals surface area contributed by atoms with Crippen LogP contribution in [0.4, 0.5) is 24.8 Å². The number of fused-ring (bicyclic) bond motifs is 1. The number of anilines is 2. The fraction of sp³-hybridized carbons (Fsp3) is 0.400. The SMILES string of the molecule is CC1(O)CCN(C(=O)c2cc3c(cn2)c(Nc2ccccn2)nn3CC(F)(F)F)CC1. The highest BCUT2D eigenvalue weighted by Gasteiger charge is 2.32. The summed E-state index contributed by atoms with van der Waals surface area (Å²) < 4.78 is 40.2. The number of carbonyl (C=O) groups excluding carboxylic acids is 1. The Kier molecular flexibility index (Phi) is 5.29. The van der Waals surface area contributed by atoms with Crippen molar-refractivity contribution in [2.75, 3.05) is 18.4 Å². The number of aliphatic hydroxyl groups is 1. The zero-order chi connectivity index (χ0) is 22.2. The van der Waals surface area contributed by atoms with Gasteiger partial charge in [-0.1, -0.05) is 6.07 Å². The predicted molar refractivity (Wildman–Crippen MR) is 107 cm³/mol. The maximum atomic E-state index is 13.1. The number of carbonyl (C=O) groups is 1. The van der Waals surface area contributed by atoms with Crippen LogP contribution in [0.1, 0.15) is 30.3 Å². The van der Waals surface area contributed by atoms with Crippen LogP contribution >= 0.6 is 0 Å². The lowest BCUT2D eigenvalue weighted by atomic mass is 9.94. The van der Waals surface area contributed by atoms with E-state index in [-0.39, 0.29) is 17.0 Å². The summed E-state index contributed by atoms with van der Waals surface area (Å²) in [5.74, 6) is 0.191. The van der Waals surface area contributed by atoms with Crippen LogP contribution in [0.25, 0.3) is 10.9 Å². The molecule has 0 radical (unpaired) electrons. The molecule has 31 heavy (non-hydrogen) atoms. The third-order valence-corrected chi connectivity index (χ3v) is 5.22. The first kappa shape index (κ1) is 21.0. The summed E-state index contributed by atoms with van der Waals surface area (Å²) in [4.78, 5) is 22.7. The van der Waals surface area contributed by atoms with E-state index in [9.17, 15) is 23.1 Å². The van der Waals surface area contributed by atoms with Crippen molar-refractivity contribution in [3.8, 4) is 0 Å². The van der Waals surface area contributed by atoms with Gasteiger partial charge in [-0.25, -0.2) is 4.98 Å². The average molecular weight is 434 g/mol. The van der Waals surface area contributed by atoms with Crippen LogP contribution in [0.2, 0.25) is 0 Å². The molecule has 1 aliphatic heterocycles. The van der Waals surface area contributed by atoms with Crippen LogP contribution in [0, 0.1) is 0 Å². The highest BCUT2D eigenvalue weighted by molar-refractivity contribution is 5.98. The lowest BCUT2D eigenvalue weighted by molar-refractivity contribution is -0.141. The maximum Gasteiger partial charge on any atom is 0.408 e. The van der Waals surface area contributed by atoms with E-state index >= 15 is 0 Å². The highest BCUT2D eigenvalue weighted by Crippen LogP contribution is 2.29. The molecule has 0 aromatic carbocycles. The third kappa shape index (κ3) is 4.76. The Bertz CT molecular complexity index is 1090. The molecule has 1 fully saturated rings. The minimum atomic E-state index is -4.49. The Hall–Kier alpha value is -3.21. The molecule has 8 nitrogen and oxygen atoms in total. The lowest BCUT2D eigenvalue weighted by Crippen LogP contribution is -2.45. The van der Waals surface area contributed by atoms with Crippen molar-refractivity contribution in [1.82, 2.24) is 24.6 Å². The topological polar surface area (TPSA) is 96.2 Å². The molecular weight excluding hydrogens is 413 g/mol. The number of pyridine rings is 2. The first-order valence-electron chi connectivity index (χ1n) is 9.74. The molecule has 164 valence electrons. The summed E-state index contributed by atoms with van der Waals surface area (Å²) in [7, 11) is 0. The average Bonchev–Trinajstić information content (AvgIpc) is 3.03. The first-order chi connectivity index (χ1) is 14.6. The minimum Gasteiger partial charge on any atom is -0.390 e. The summed E-state index contributed by atoms with van der Waals surface area (Å²) in [5.41, 5.74) is -0.661. The van der Waals surface area contributed by atoms with Crippen LogP contribution < -0.4 is 5.32 Å². The standard InChI is InChI=1S/C20H21F3N6O2/c1-19(31)5-8-28(9-6-19)18(30)14-10-15-13(11-25-14)17(26-16-4-2-3-7-24-16)27-29(15)12-20(21,22)23/h2-4,7,10-11,31H,5-6,8-9,12H2,1H3,(H,24,26,27). The molecule has 0 bridgehead atoms. The molecule has 1 aliphatic rings. The summed E-state index contributed by atoms with van der Waals surface area (Å²) in [5, 5.41) is 17.4. The molecule has 0 atom stereocenters. The van der Waals surface area contributed by atoms with Crippen molar-refractivity contribution in [3.63, 3.8) is 0 Å². The van der Waals surface area contributed by atoms with E-state index in [1.165, 1.54) is 12.3 Å². The van der Waals surface area contributed by atoms with Crippen LogP contribution in [-0.4, -0.2) is 60.5 Å². The number of nitrogens with zero attached hydrogens (tertiary/aromatic N) is 5. The van der Waals surface area contributed by atoms with Crippen molar-refractivity contribution in [2.45, 2.75) is 38.1 Å². The molecule has 2 N–H and O–H groups in total. The maximum absolute atomic E-state index is 13.1. The normalized spacial score (nSPS) is 16.5. The van der Waals surface area contributed by atoms with E-state index in [2.05, 4.69) is 20.4 Å². The van der Waals surface area contributed by atoms with E-state index in [1.54, 1.807) is 36.2 Å². The number of rotatable bonds is 4. The van der Waals surface area contributed by atoms with Crippen LogP contribution in [0.5, 0.6) is 0 Å². The minimum absolute atomic E-state index is 0.0294. The van der Waals surface area contributed by atoms with Gasteiger partial charge < -0.3 is 15.3 Å². The van der Waals surface area contributed by atoms with Gasteiger partial charge in [0.25, 0.3) is 5.91 Å². The van der Waals surface area contributed by atoms with Crippen LogP contribution in [0.15, 0.2) is 36.7 Å². The third-order valence-electron chi connectivity index (χ3n) is 5.22. The van der Waals surface area contributed by atoms with Gasteiger partial charge in [-0.05, 0) is 38.0 Å². The quantitative estimate of drug-likeness (QED) is 0.655. The molecule has 0 aliphatic carbocycles. The molecule has 0 spiro atoms. The Morgan fingerprint density at radius 2 is 2.00 bits per heavy atom. The Balaban J connectivity index is 1.68. The van der Waals surface area contributed by atoms with Gasteiger partial charge in [-0.15, -0.1) is 0 Å². The van der Waals surface area contributed by atoms with Gasteiger partial charge in [0, 0.05) is 25.5 Å². The van der Waals surface area contributed by atoms with Crippen molar-refractivity contribution in [1.29, 1.82) is 0 Å². The summed E-state index contributed by atoms with van der Waals surface area (Å²) in [6.45, 7) is 1.10. The molecular formula is C20H21F3N6O2. The predicted octanol–water partition coefficient (Wildman–Crippen LogP) is 3.12. The molecule has 1 saturated heterocycles. The van der Waals surface area contributed by atoms with Gasteiger partial charge in [-0.2, -0.15) is 18.3 Å². The van der Waals surface area contributed by atoms with Crippen molar-refractivity contribution in [2.24, 2.45) is 0 Å². The molecule has 0 unspecified atom stereocenters. The molecule has 4 rings (SSSR count). The van der Waals surface area contributed by atoms with Gasteiger partial charge in [0.2, 0.25) is 0 Å². The van der Waals surface area contributed by atoms with Gasteiger partial charge in [0.15, 0.2) is 5.82 Å². The molecule has 4 heterocycles. The molecule has 3 aromatic rings. The second-order valence-electron chi connectivity index (χ2n) is 7.84. The fourth-order valence-electron chi connectivity index (χ4n) is 3.48. The van der Waals surface area contributed by atoms with Gasteiger partial charge >= 0.3 is 6.18 Å². The Morgan fingerprint density at radius 3 is 2.65 bits per heavy atom. The fourth-order valence-corrected chi connectivity index (χ4v) is 3.48. The molecule has 3 aromatic heterocycles. The number of aromatic nitrogens is 4. The number of hydrogen-bond acceptors (Lipinski definition) is 6. The number of nitrogens with one attached hydrogen (secondary N) is 1. The number of piperidine rings is 1. The first-order valence-corrected chi connectivity index (χ1v) is 9.74. The molecule has 1 amide bonds. The monoisotopic (exact) mass is 434 g/mol. The highest BCUT2D eigenvalue weighted by atomic mass is 19.4. The second kappa shape index (κ2) is 7.80. The van der Waals surface area contributed by atoms with E-state index in [0.29, 0.717) is 37.1 Å². The van der Waals surface area contributed by atoms with Crippen molar-refractivity contribution in [3.05, 3.63) is 42.4 Å². The summed E-state index contributed by atoms with van der Waals surface area (Å²) in [6.07, 6.45) is -0.764. The van der Waals surface area contributed by atoms with Crippen molar-refractivity contribution < 1.29 is 23.1 Å². The van der Waals surface area contributed by atoms with E-state index in [1.807, 2.05) is 0 Å². The second-order valence-corrected chi connectivity index (χ2v) is 7.84. The number of alkyl halides is 3. The van der Waals surface area contributed by atoms with E-state index in [0.717, 1.165) is 4.68 Å². The van der Waals surface area contributed by atoms with Gasteiger partial charge in [0.05, 0.1) is 16.5 Å². The van der Waals surface area contributed by atoms with E-state index < -0.39 is 24.2 Å². The smallest absolute Gasteiger partial charge is 0.390 e. The number of halogens is 3. The number of amides is 1. The number of likely N-dealkylation sites (tertiary alicyclic amines) is 1. The van der Waals surface area contributed by atoms with Crippen LogP contribution in [-0.2, 0) is 6.54 Å².